The summed E-state index contributed by atoms with van der Waals surface area (Å²) in [7, 11) is -3.48. The van der Waals surface area contributed by atoms with Gasteiger partial charge in [0, 0.05) is 25.2 Å². The molecule has 1 aliphatic rings. The maximum absolute atomic E-state index is 12.4. The average molecular weight is 302 g/mol. The fourth-order valence-electron chi connectivity index (χ4n) is 2.38. The zero-order chi connectivity index (χ0) is 14.4. The van der Waals surface area contributed by atoms with Crippen LogP contribution in [-0.2, 0) is 16.8 Å². The third kappa shape index (κ3) is 4.02. The molecule has 8 heteroatoms. The Morgan fingerprint density at radius 2 is 2.35 bits per heavy atom. The molecule has 2 N–H and O–H groups in total. The van der Waals surface area contributed by atoms with Crippen LogP contribution < -0.4 is 10.0 Å². The summed E-state index contributed by atoms with van der Waals surface area (Å²) in [5, 5.41) is 6.93. The highest BCUT2D eigenvalue weighted by Gasteiger charge is 2.31. The highest BCUT2D eigenvalue weighted by atomic mass is 32.2. The Morgan fingerprint density at radius 3 is 3.05 bits per heavy atom. The highest BCUT2D eigenvalue weighted by Crippen LogP contribution is 2.19. The Morgan fingerprint density at radius 1 is 1.50 bits per heavy atom. The molecule has 2 rings (SSSR count). The molecule has 0 radical (unpaired) electrons. The lowest BCUT2D eigenvalue weighted by Gasteiger charge is -2.34. The standard InChI is InChI=1S/C12H22N4O3S/c1-2-13-10-12-5-3-4-7-16(12)20(17,18)14-9-11-6-8-19-15-11/h6,8,12-14H,2-5,7,9-10H2,1H3. The van der Waals surface area contributed by atoms with Crippen molar-refractivity contribution in [2.24, 2.45) is 0 Å². The Balaban J connectivity index is 1.97. The van der Waals surface area contributed by atoms with Gasteiger partial charge in [0.2, 0.25) is 0 Å². The Kier molecular flexibility index (Phi) is 5.53. The first kappa shape index (κ1) is 15.4. The second-order valence-corrected chi connectivity index (χ2v) is 6.59. The van der Waals surface area contributed by atoms with E-state index < -0.39 is 10.2 Å². The van der Waals surface area contributed by atoms with Crippen molar-refractivity contribution >= 4 is 10.2 Å². The normalized spacial score (nSPS) is 21.1. The van der Waals surface area contributed by atoms with Crippen LogP contribution in [0.5, 0.6) is 0 Å². The van der Waals surface area contributed by atoms with Gasteiger partial charge < -0.3 is 9.84 Å². The smallest absolute Gasteiger partial charge is 0.280 e. The molecular formula is C12H22N4O3S. The maximum atomic E-state index is 12.4. The van der Waals surface area contributed by atoms with E-state index in [0.29, 0.717) is 18.8 Å². The van der Waals surface area contributed by atoms with Crippen LogP contribution in [0.15, 0.2) is 16.9 Å². The molecule has 7 nitrogen and oxygen atoms in total. The predicted molar refractivity (Wildman–Crippen MR) is 75.2 cm³/mol. The number of hydrogen-bond donors (Lipinski definition) is 2. The minimum Gasteiger partial charge on any atom is -0.364 e. The molecule has 0 spiro atoms. The van der Waals surface area contributed by atoms with E-state index in [4.69, 9.17) is 4.52 Å². The molecule has 1 unspecified atom stereocenters. The third-order valence-electron chi connectivity index (χ3n) is 3.44. The molecule has 114 valence electrons. The topological polar surface area (TPSA) is 87.5 Å². The highest BCUT2D eigenvalue weighted by molar-refractivity contribution is 7.87. The van der Waals surface area contributed by atoms with Gasteiger partial charge >= 0.3 is 0 Å². The molecular weight excluding hydrogens is 280 g/mol. The van der Waals surface area contributed by atoms with E-state index in [1.54, 1.807) is 10.4 Å². The molecule has 20 heavy (non-hydrogen) atoms. The summed E-state index contributed by atoms with van der Waals surface area (Å²) in [6.45, 7) is 4.29. The average Bonchev–Trinajstić information content (AvgIpc) is 2.97. The van der Waals surface area contributed by atoms with E-state index in [1.165, 1.54) is 6.26 Å². The van der Waals surface area contributed by atoms with Gasteiger partial charge in [-0.3, -0.25) is 0 Å². The van der Waals surface area contributed by atoms with Crippen molar-refractivity contribution in [3.05, 3.63) is 18.0 Å². The van der Waals surface area contributed by atoms with Crippen molar-refractivity contribution in [1.29, 1.82) is 0 Å². The molecule has 1 aliphatic heterocycles. The van der Waals surface area contributed by atoms with Crippen LogP contribution in [0.2, 0.25) is 0 Å². The molecule has 0 bridgehead atoms. The molecule has 0 aliphatic carbocycles. The number of likely N-dealkylation sites (N-methyl/N-ethyl adjacent to an activating group) is 1. The summed E-state index contributed by atoms with van der Waals surface area (Å²) in [5.41, 5.74) is 0.578. The summed E-state index contributed by atoms with van der Waals surface area (Å²) in [6.07, 6.45) is 4.31. The predicted octanol–water partition coefficient (Wildman–Crippen LogP) is 0.473. The fourth-order valence-corrected chi connectivity index (χ4v) is 3.82. The van der Waals surface area contributed by atoms with Crippen molar-refractivity contribution < 1.29 is 12.9 Å². The fraction of sp³-hybridized carbons (Fsp3) is 0.750. The van der Waals surface area contributed by atoms with Crippen LogP contribution in [0, 0.1) is 0 Å². The van der Waals surface area contributed by atoms with Gasteiger partial charge in [-0.25, -0.2) is 0 Å². The lowest BCUT2D eigenvalue weighted by Crippen LogP contribution is -2.52. The maximum Gasteiger partial charge on any atom is 0.280 e. The Labute approximate surface area is 119 Å². The Bertz CT molecular complexity index is 489. The van der Waals surface area contributed by atoms with Crippen LogP contribution in [0.25, 0.3) is 0 Å². The summed E-state index contributed by atoms with van der Waals surface area (Å²) in [4.78, 5) is 0. The second-order valence-electron chi connectivity index (χ2n) is 4.88. The van der Waals surface area contributed by atoms with Gasteiger partial charge in [0.1, 0.15) is 6.26 Å². The van der Waals surface area contributed by atoms with Crippen LogP contribution in [-0.4, -0.2) is 43.6 Å². The molecule has 1 fully saturated rings. The first-order valence-electron chi connectivity index (χ1n) is 7.00. The Hall–Kier alpha value is -0.960. The number of rotatable bonds is 7. The monoisotopic (exact) mass is 302 g/mol. The molecule has 0 amide bonds. The molecule has 1 atom stereocenters. The van der Waals surface area contributed by atoms with E-state index in [2.05, 4.69) is 15.2 Å². The van der Waals surface area contributed by atoms with Crippen molar-refractivity contribution in [2.45, 2.75) is 38.8 Å². The van der Waals surface area contributed by atoms with Crippen molar-refractivity contribution in [3.8, 4) is 0 Å². The second kappa shape index (κ2) is 7.16. The lowest BCUT2D eigenvalue weighted by atomic mass is 10.1. The molecule has 1 aromatic heterocycles. The summed E-state index contributed by atoms with van der Waals surface area (Å²) in [6, 6.07) is 1.67. The number of nitrogens with zero attached hydrogens (tertiary/aromatic N) is 2. The number of piperidine rings is 1. The largest absolute Gasteiger partial charge is 0.364 e. The van der Waals surface area contributed by atoms with Crippen LogP contribution >= 0.6 is 0 Å². The summed E-state index contributed by atoms with van der Waals surface area (Å²) in [5.74, 6) is 0. The van der Waals surface area contributed by atoms with Gasteiger partial charge in [0.15, 0.2) is 0 Å². The van der Waals surface area contributed by atoms with Gasteiger partial charge in [-0.15, -0.1) is 0 Å². The number of nitrogens with one attached hydrogen (secondary N) is 2. The van der Waals surface area contributed by atoms with E-state index in [9.17, 15) is 8.42 Å². The quantitative estimate of drug-likeness (QED) is 0.764. The van der Waals surface area contributed by atoms with Crippen molar-refractivity contribution in [2.75, 3.05) is 19.6 Å². The summed E-state index contributed by atoms with van der Waals surface area (Å²) >= 11 is 0. The van der Waals surface area contributed by atoms with Gasteiger partial charge in [-0.05, 0) is 19.4 Å². The first-order valence-corrected chi connectivity index (χ1v) is 8.44. The lowest BCUT2D eigenvalue weighted by molar-refractivity contribution is 0.243. The number of hydrogen-bond acceptors (Lipinski definition) is 5. The van der Waals surface area contributed by atoms with Crippen molar-refractivity contribution in [1.82, 2.24) is 19.5 Å². The van der Waals surface area contributed by atoms with Crippen LogP contribution in [0.3, 0.4) is 0 Å². The molecule has 2 heterocycles. The van der Waals surface area contributed by atoms with E-state index in [1.807, 2.05) is 6.92 Å². The summed E-state index contributed by atoms with van der Waals surface area (Å²) < 4.78 is 33.6. The minimum absolute atomic E-state index is 0.0264. The van der Waals surface area contributed by atoms with Crippen molar-refractivity contribution in [3.63, 3.8) is 0 Å². The number of aromatic nitrogens is 1. The molecule has 1 aromatic rings. The SMILES string of the molecule is CCNCC1CCCCN1S(=O)(=O)NCc1ccon1. The van der Waals surface area contributed by atoms with Gasteiger partial charge in [-0.1, -0.05) is 18.5 Å². The first-order chi connectivity index (χ1) is 9.63. The van der Waals surface area contributed by atoms with Gasteiger partial charge in [0.25, 0.3) is 10.2 Å². The van der Waals surface area contributed by atoms with Gasteiger partial charge in [0.05, 0.1) is 12.2 Å². The zero-order valence-corrected chi connectivity index (χ0v) is 12.5. The van der Waals surface area contributed by atoms with Crippen LogP contribution in [0.4, 0.5) is 0 Å². The zero-order valence-electron chi connectivity index (χ0n) is 11.7. The van der Waals surface area contributed by atoms with E-state index >= 15 is 0 Å². The molecule has 1 saturated heterocycles. The third-order valence-corrected chi connectivity index (χ3v) is 5.05. The van der Waals surface area contributed by atoms with Crippen LogP contribution in [0.1, 0.15) is 31.9 Å². The van der Waals surface area contributed by atoms with E-state index in [-0.39, 0.29) is 12.6 Å². The van der Waals surface area contributed by atoms with E-state index in [0.717, 1.165) is 25.8 Å². The molecule has 0 saturated carbocycles. The minimum atomic E-state index is -3.48. The molecule has 0 aromatic carbocycles. The van der Waals surface area contributed by atoms with Gasteiger partial charge in [-0.2, -0.15) is 17.4 Å².